The smallest absolute Gasteiger partial charge is 0.330 e. The van der Waals surface area contributed by atoms with Gasteiger partial charge in [-0.25, -0.2) is 9.59 Å². The number of hydrogen-bond donors (Lipinski definition) is 2. The van der Waals surface area contributed by atoms with E-state index in [1.54, 1.807) is 4.90 Å². The van der Waals surface area contributed by atoms with Gasteiger partial charge < -0.3 is 29.9 Å². The summed E-state index contributed by atoms with van der Waals surface area (Å²) in [5.74, 6) is 0.583. The number of likely N-dealkylation sites (tertiary alicyclic amines) is 2. The summed E-state index contributed by atoms with van der Waals surface area (Å²) in [6.45, 7) is 8.28. The van der Waals surface area contributed by atoms with Gasteiger partial charge in [-0.15, -0.1) is 0 Å². The number of nitrogens with zero attached hydrogens (tertiary/aromatic N) is 2. The van der Waals surface area contributed by atoms with Gasteiger partial charge in [0.1, 0.15) is 0 Å². The zero-order valence-corrected chi connectivity index (χ0v) is 31.7. The molecule has 0 radical (unpaired) electrons. The summed E-state index contributed by atoms with van der Waals surface area (Å²) in [5.41, 5.74) is 3.61. The van der Waals surface area contributed by atoms with Crippen molar-refractivity contribution in [2.45, 2.75) is 89.3 Å². The SMILES string of the molecule is COC(=O)[C@H](COC(C)(C)C)NC(=O)N1CCC(CC(=O)N2CCC(C3c4c(Br)cc(Cl)cc4CCC4=CC(Br)=CNC43)CC2)CC1. The van der Waals surface area contributed by atoms with Gasteiger partial charge in [-0.1, -0.05) is 27.5 Å². The monoisotopic (exact) mass is 796 g/mol. The van der Waals surface area contributed by atoms with Crippen LogP contribution >= 0.6 is 43.5 Å². The minimum absolute atomic E-state index is 0.0340. The van der Waals surface area contributed by atoms with Gasteiger partial charge in [-0.3, -0.25) is 4.79 Å². The number of nitrogens with one attached hydrogen (secondary N) is 2. The topological polar surface area (TPSA) is 100 Å². The number of carbonyl (C=O) groups excluding carboxylic acids is 3. The molecule has 5 rings (SSSR count). The average Bonchev–Trinajstić information content (AvgIpc) is 3.19. The minimum atomic E-state index is -0.880. The number of halogens is 3. The summed E-state index contributed by atoms with van der Waals surface area (Å²) in [7, 11) is 1.30. The van der Waals surface area contributed by atoms with Crippen LogP contribution in [0, 0.1) is 11.8 Å². The number of piperidine rings is 2. The molecule has 47 heavy (non-hydrogen) atoms. The molecular weight excluding hydrogens is 752 g/mol. The minimum Gasteiger partial charge on any atom is -0.467 e. The normalized spacial score (nSPS) is 23.0. The number of urea groups is 1. The molecule has 3 amide bonds. The molecule has 258 valence electrons. The Balaban J connectivity index is 1.14. The highest BCUT2D eigenvalue weighted by Crippen LogP contribution is 2.47. The Kier molecular flexibility index (Phi) is 12.0. The summed E-state index contributed by atoms with van der Waals surface area (Å²) < 4.78 is 12.7. The molecule has 2 saturated heterocycles. The van der Waals surface area contributed by atoms with E-state index in [0.29, 0.717) is 25.4 Å². The molecule has 3 atom stereocenters. The molecule has 1 aromatic rings. The van der Waals surface area contributed by atoms with Crippen molar-refractivity contribution < 1.29 is 23.9 Å². The first-order valence-corrected chi connectivity index (χ1v) is 18.6. The van der Waals surface area contributed by atoms with Crippen molar-refractivity contribution in [3.8, 4) is 0 Å². The molecule has 1 aliphatic carbocycles. The van der Waals surface area contributed by atoms with E-state index in [2.05, 4.69) is 60.8 Å². The Labute approximate surface area is 300 Å². The van der Waals surface area contributed by atoms with Crippen LogP contribution in [0.3, 0.4) is 0 Å². The van der Waals surface area contributed by atoms with E-state index in [-0.39, 0.29) is 36.4 Å². The van der Waals surface area contributed by atoms with E-state index in [1.807, 2.05) is 31.7 Å². The summed E-state index contributed by atoms with van der Waals surface area (Å²) >= 11 is 14.0. The predicted octanol–water partition coefficient (Wildman–Crippen LogP) is 6.67. The fourth-order valence-corrected chi connectivity index (χ4v) is 8.99. The van der Waals surface area contributed by atoms with Crippen LogP contribution in [-0.4, -0.2) is 85.3 Å². The fourth-order valence-electron chi connectivity index (χ4n) is 7.43. The number of methoxy groups -OCH3 is 1. The van der Waals surface area contributed by atoms with Gasteiger partial charge >= 0.3 is 12.0 Å². The number of allylic oxidation sites excluding steroid dienone is 2. The lowest BCUT2D eigenvalue weighted by Gasteiger charge is -2.41. The van der Waals surface area contributed by atoms with Crippen molar-refractivity contribution in [1.82, 2.24) is 20.4 Å². The predicted molar refractivity (Wildman–Crippen MR) is 190 cm³/mol. The van der Waals surface area contributed by atoms with Crippen molar-refractivity contribution >= 4 is 61.4 Å². The fraction of sp³-hybridized carbons (Fsp3) is 0.629. The number of rotatable bonds is 7. The van der Waals surface area contributed by atoms with E-state index >= 15 is 0 Å². The number of fused-ring (bicyclic) bond motifs is 2. The van der Waals surface area contributed by atoms with Crippen molar-refractivity contribution in [2.75, 3.05) is 39.9 Å². The number of carbonyl (C=O) groups is 3. The number of benzene rings is 1. The Morgan fingerprint density at radius 1 is 1.04 bits per heavy atom. The van der Waals surface area contributed by atoms with Crippen LogP contribution in [0.5, 0.6) is 0 Å². The van der Waals surface area contributed by atoms with E-state index in [4.69, 9.17) is 21.1 Å². The number of aryl methyl sites for hydroxylation is 1. The van der Waals surface area contributed by atoms with Crippen LogP contribution in [0.4, 0.5) is 4.79 Å². The quantitative estimate of drug-likeness (QED) is 0.299. The van der Waals surface area contributed by atoms with Crippen molar-refractivity contribution in [3.63, 3.8) is 0 Å². The molecule has 2 fully saturated rings. The number of amides is 3. The lowest BCUT2D eigenvalue weighted by Crippen LogP contribution is -2.52. The first-order valence-electron chi connectivity index (χ1n) is 16.7. The second kappa shape index (κ2) is 15.6. The standard InChI is InChI=1S/C35H47Br2ClN4O5/c1-35(2,3)47-20-28(33(44)46-4)40-34(45)42-11-7-21(8-12-42)15-29(43)41-13-9-22(10-14-41)31-30-23(17-26(38)18-27(30)37)5-6-24-16-25(36)19-39-32(24)31/h16-19,21-22,28,31-32,39H,5-15,20H2,1-4H3,(H,40,45)/t28-,31?,32?/m0/s1. The highest BCUT2D eigenvalue weighted by Gasteiger charge is 2.40. The molecule has 3 aliphatic heterocycles. The Bertz CT molecular complexity index is 1400. The van der Waals surface area contributed by atoms with Gasteiger partial charge in [0, 0.05) is 58.7 Å². The average molecular weight is 799 g/mol. The molecule has 4 aliphatic rings. The summed E-state index contributed by atoms with van der Waals surface area (Å²) in [4.78, 5) is 42.5. The highest BCUT2D eigenvalue weighted by atomic mass is 79.9. The Morgan fingerprint density at radius 3 is 2.38 bits per heavy atom. The van der Waals surface area contributed by atoms with Crippen LogP contribution in [-0.2, 0) is 25.5 Å². The number of hydrogen-bond acceptors (Lipinski definition) is 6. The zero-order chi connectivity index (χ0) is 33.9. The van der Waals surface area contributed by atoms with Crippen LogP contribution in [0.15, 0.2) is 38.9 Å². The Morgan fingerprint density at radius 2 is 1.72 bits per heavy atom. The third-order valence-corrected chi connectivity index (χ3v) is 11.2. The zero-order valence-electron chi connectivity index (χ0n) is 27.8. The molecule has 0 spiro atoms. The highest BCUT2D eigenvalue weighted by molar-refractivity contribution is 9.12. The molecule has 2 unspecified atom stereocenters. The number of ether oxygens (including phenoxy) is 2. The third-order valence-electron chi connectivity index (χ3n) is 9.91. The number of esters is 1. The van der Waals surface area contributed by atoms with Gasteiger partial charge in [-0.2, -0.15) is 0 Å². The molecule has 9 nitrogen and oxygen atoms in total. The molecule has 3 heterocycles. The lowest BCUT2D eigenvalue weighted by atomic mass is 9.73. The third kappa shape index (κ3) is 9.13. The van der Waals surface area contributed by atoms with Gasteiger partial charge in [0.2, 0.25) is 5.91 Å². The molecular formula is C35H47Br2ClN4O5. The van der Waals surface area contributed by atoms with Gasteiger partial charge in [0.15, 0.2) is 6.04 Å². The van der Waals surface area contributed by atoms with Crippen molar-refractivity contribution in [1.29, 1.82) is 0 Å². The summed E-state index contributed by atoms with van der Waals surface area (Å²) in [6.07, 6.45) is 10.1. The second-order valence-electron chi connectivity index (χ2n) is 14.2. The van der Waals surface area contributed by atoms with E-state index in [0.717, 1.165) is 65.6 Å². The first-order chi connectivity index (χ1) is 22.3. The first kappa shape index (κ1) is 36.2. The molecule has 12 heteroatoms. The van der Waals surface area contributed by atoms with E-state index in [9.17, 15) is 14.4 Å². The second-order valence-corrected chi connectivity index (χ2v) is 16.4. The maximum Gasteiger partial charge on any atom is 0.330 e. The summed E-state index contributed by atoms with van der Waals surface area (Å²) in [5, 5.41) is 7.23. The number of dihydropyridines is 1. The van der Waals surface area contributed by atoms with Crippen LogP contribution in [0.25, 0.3) is 0 Å². The maximum absolute atomic E-state index is 13.5. The van der Waals surface area contributed by atoms with Crippen LogP contribution < -0.4 is 10.6 Å². The van der Waals surface area contributed by atoms with Crippen LogP contribution in [0.1, 0.15) is 76.3 Å². The molecule has 2 N–H and O–H groups in total. The molecule has 1 aromatic carbocycles. The molecule has 0 saturated carbocycles. The van der Waals surface area contributed by atoms with Crippen molar-refractivity contribution in [3.05, 3.63) is 55.1 Å². The maximum atomic E-state index is 13.5. The van der Waals surface area contributed by atoms with Gasteiger partial charge in [0.25, 0.3) is 0 Å². The van der Waals surface area contributed by atoms with E-state index in [1.165, 1.54) is 23.8 Å². The van der Waals surface area contributed by atoms with Crippen molar-refractivity contribution in [2.24, 2.45) is 11.8 Å². The van der Waals surface area contributed by atoms with Gasteiger partial charge in [-0.05, 0) is 122 Å². The largest absolute Gasteiger partial charge is 0.467 e. The van der Waals surface area contributed by atoms with E-state index < -0.39 is 17.6 Å². The van der Waals surface area contributed by atoms with Crippen LogP contribution in [0.2, 0.25) is 5.02 Å². The molecule has 0 bridgehead atoms. The Hall–Kier alpha value is -2.08. The van der Waals surface area contributed by atoms with Gasteiger partial charge in [0.05, 0.1) is 25.4 Å². The summed E-state index contributed by atoms with van der Waals surface area (Å²) in [6, 6.07) is 3.16. The lowest BCUT2D eigenvalue weighted by molar-refractivity contribution is -0.146. The molecule has 0 aromatic heterocycles.